The van der Waals surface area contributed by atoms with Crippen LogP contribution in [0, 0.1) is 0 Å². The van der Waals surface area contributed by atoms with Gasteiger partial charge in [-0.15, -0.1) is 0 Å². The van der Waals surface area contributed by atoms with Crippen LogP contribution < -0.4 is 4.90 Å². The summed E-state index contributed by atoms with van der Waals surface area (Å²) >= 11 is 6.79. The molecule has 7 nitrogen and oxygen atoms in total. The van der Waals surface area contributed by atoms with Crippen molar-refractivity contribution in [3.63, 3.8) is 0 Å². The lowest BCUT2D eigenvalue weighted by atomic mass is 9.79. The van der Waals surface area contributed by atoms with Gasteiger partial charge in [0, 0.05) is 64.7 Å². The fraction of sp³-hybridized carbons (Fsp3) is 0.318. The van der Waals surface area contributed by atoms with E-state index >= 15 is 0 Å². The molecule has 0 fully saturated rings. The first kappa shape index (κ1) is 38.2. The Morgan fingerprint density at radius 1 is 0.849 bits per heavy atom. The van der Waals surface area contributed by atoms with Gasteiger partial charge in [0.15, 0.2) is 5.71 Å². The summed E-state index contributed by atoms with van der Waals surface area (Å²) in [6, 6.07) is 25.3. The molecular weight excluding hydrogens is 704 g/mol. The van der Waals surface area contributed by atoms with Crippen molar-refractivity contribution >= 4 is 66.3 Å². The Hall–Kier alpha value is -4.50. The predicted octanol–water partition coefficient (Wildman–Crippen LogP) is 9.87. The maximum absolute atomic E-state index is 11.5. The molecule has 2 heterocycles. The number of halogens is 1. The normalized spacial score (nSPS) is 17.6. The number of carboxylic acid groups (broad SMARTS) is 1. The molecule has 0 unspecified atom stereocenters. The second kappa shape index (κ2) is 15.5. The lowest BCUT2D eigenvalue weighted by Gasteiger charge is -2.27. The minimum atomic E-state index is -4.33. The highest BCUT2D eigenvalue weighted by Crippen LogP contribution is 2.51. The average molecular weight is 751 g/mol. The van der Waals surface area contributed by atoms with Crippen LogP contribution in [0.5, 0.6) is 0 Å². The Labute approximate surface area is 318 Å². The lowest BCUT2D eigenvalue weighted by Crippen LogP contribution is -2.28. The highest BCUT2D eigenvalue weighted by Gasteiger charge is 2.45. The molecule has 9 heteroatoms. The second-order valence-corrected chi connectivity index (χ2v) is 16.9. The molecule has 4 aromatic carbocycles. The van der Waals surface area contributed by atoms with E-state index in [1.165, 1.54) is 27.6 Å². The predicted molar refractivity (Wildman–Crippen MR) is 217 cm³/mol. The van der Waals surface area contributed by atoms with Crippen LogP contribution >= 0.6 is 11.6 Å². The monoisotopic (exact) mass is 750 g/mol. The van der Waals surface area contributed by atoms with Crippen molar-refractivity contribution in [3.8, 4) is 0 Å². The number of carbonyl (C=O) groups is 1. The van der Waals surface area contributed by atoms with E-state index in [1.54, 1.807) is 0 Å². The highest BCUT2D eigenvalue weighted by atomic mass is 35.5. The number of anilines is 1. The van der Waals surface area contributed by atoms with Crippen LogP contribution in [0.3, 0.4) is 0 Å². The van der Waals surface area contributed by atoms with Gasteiger partial charge >= 0.3 is 5.97 Å². The molecule has 0 spiro atoms. The van der Waals surface area contributed by atoms with Crippen molar-refractivity contribution in [2.45, 2.75) is 70.6 Å². The zero-order valence-corrected chi connectivity index (χ0v) is 32.4. The van der Waals surface area contributed by atoms with Gasteiger partial charge in [-0.05, 0) is 84.2 Å². The van der Waals surface area contributed by atoms with Crippen molar-refractivity contribution in [1.82, 2.24) is 0 Å². The van der Waals surface area contributed by atoms with Gasteiger partial charge in [0.2, 0.25) is 5.69 Å². The first-order valence-corrected chi connectivity index (χ1v) is 20.2. The fourth-order valence-corrected chi connectivity index (χ4v) is 8.82. The van der Waals surface area contributed by atoms with E-state index in [4.69, 9.17) is 16.7 Å². The largest absolute Gasteiger partial charge is 0.748 e. The van der Waals surface area contributed by atoms with Crippen LogP contribution in [0.1, 0.15) is 70.9 Å². The molecule has 2 aliphatic heterocycles. The smallest absolute Gasteiger partial charge is 0.303 e. The molecule has 276 valence electrons. The fourth-order valence-electron chi connectivity index (χ4n) is 8.19. The van der Waals surface area contributed by atoms with Crippen LogP contribution in [0.4, 0.5) is 11.4 Å². The molecule has 0 atom stereocenters. The second-order valence-electron chi connectivity index (χ2n) is 14.9. The molecule has 0 aromatic heterocycles. The maximum atomic E-state index is 11.5. The third-order valence-electron chi connectivity index (χ3n) is 10.6. The SMILES string of the molecule is CC1(C)C(/C=C/C=C(Cl)/C=C/C=C2\N(CCCCCC(=O)O)c3ccc4ccccc4c3C2(C)C)=[N+](CCCS(=O)(=O)[O-])c2ccc3ccccc3c21. The van der Waals surface area contributed by atoms with Gasteiger partial charge in [0.05, 0.1) is 15.5 Å². The molecule has 53 heavy (non-hydrogen) atoms. The number of allylic oxidation sites excluding steroid dienone is 8. The first-order chi connectivity index (χ1) is 25.2. The molecular formula is C44H47ClN2O5S. The number of hydrogen-bond donors (Lipinski definition) is 1. The molecule has 0 amide bonds. The van der Waals surface area contributed by atoms with Crippen LogP contribution in [-0.4, -0.2) is 53.2 Å². The topological polar surface area (TPSA) is 101 Å². The Morgan fingerprint density at radius 2 is 1.51 bits per heavy atom. The van der Waals surface area contributed by atoms with Gasteiger partial charge in [-0.25, -0.2) is 8.42 Å². The summed E-state index contributed by atoms with van der Waals surface area (Å²) in [4.78, 5) is 13.4. The quantitative estimate of drug-likeness (QED) is 0.0596. The number of unbranched alkanes of at least 4 members (excludes halogenated alkanes) is 2. The van der Waals surface area contributed by atoms with E-state index in [-0.39, 0.29) is 18.3 Å². The summed E-state index contributed by atoms with van der Waals surface area (Å²) in [7, 11) is -4.33. The van der Waals surface area contributed by atoms with Crippen LogP contribution in [0.2, 0.25) is 0 Å². The van der Waals surface area contributed by atoms with Gasteiger partial charge in [0.1, 0.15) is 6.54 Å². The number of rotatable bonds is 14. The molecule has 2 aliphatic rings. The molecule has 0 saturated carbocycles. The summed E-state index contributed by atoms with van der Waals surface area (Å²) in [6.45, 7) is 10.0. The number of benzene rings is 4. The average Bonchev–Trinajstić information content (AvgIpc) is 3.46. The Balaban J connectivity index is 1.28. The standard InChI is InChI=1S/C44H47ClN2O5S/c1-43(2)38(46(28-11-5-6-23-40(48)49)36-26-24-31-15-7-9-19-34(31)41(36)43)21-12-17-33(45)18-13-22-39-44(3,4)42-35-20-10-8-16-32(35)25-27-37(42)47(39)29-14-30-53(50,51)52/h7-10,12-13,15-22,24-27H,5-6,11,14,23,28-30H2,1-4H3,(H-,48,49,50,51,52). The lowest BCUT2D eigenvalue weighted by molar-refractivity contribution is -0.437. The van der Waals surface area contributed by atoms with Gasteiger partial charge < -0.3 is 14.6 Å². The number of carboxylic acids is 1. The summed E-state index contributed by atoms with van der Waals surface area (Å²) in [5.74, 6) is -1.18. The first-order valence-electron chi connectivity index (χ1n) is 18.2. The van der Waals surface area contributed by atoms with Crippen molar-refractivity contribution in [1.29, 1.82) is 0 Å². The van der Waals surface area contributed by atoms with Gasteiger partial charge in [0.25, 0.3) is 0 Å². The minimum absolute atomic E-state index is 0.182. The zero-order valence-electron chi connectivity index (χ0n) is 30.8. The Morgan fingerprint density at radius 3 is 2.19 bits per heavy atom. The van der Waals surface area contributed by atoms with E-state index < -0.39 is 27.3 Å². The summed E-state index contributed by atoms with van der Waals surface area (Å²) in [5.41, 5.74) is 6.12. The van der Waals surface area contributed by atoms with E-state index in [0.29, 0.717) is 18.0 Å². The third kappa shape index (κ3) is 8.05. The third-order valence-corrected chi connectivity index (χ3v) is 11.6. The van der Waals surface area contributed by atoms with Crippen LogP contribution in [0.15, 0.2) is 120 Å². The molecule has 4 aromatic rings. The highest BCUT2D eigenvalue weighted by molar-refractivity contribution is 7.85. The van der Waals surface area contributed by atoms with Crippen molar-refractivity contribution in [3.05, 3.63) is 131 Å². The Bertz CT molecular complexity index is 2330. The molecule has 0 saturated heterocycles. The van der Waals surface area contributed by atoms with Crippen molar-refractivity contribution in [2.75, 3.05) is 23.7 Å². The summed E-state index contributed by atoms with van der Waals surface area (Å²) in [6.07, 6.45) is 14.6. The molecule has 0 aliphatic carbocycles. The van der Waals surface area contributed by atoms with Crippen molar-refractivity contribution < 1.29 is 27.4 Å². The van der Waals surface area contributed by atoms with Crippen LogP contribution in [-0.2, 0) is 25.7 Å². The number of hydrogen-bond acceptors (Lipinski definition) is 5. The number of nitrogens with zero attached hydrogens (tertiary/aromatic N) is 2. The van der Waals surface area contributed by atoms with Crippen LogP contribution in [0.25, 0.3) is 21.5 Å². The number of fused-ring (bicyclic) bond motifs is 6. The van der Waals surface area contributed by atoms with E-state index in [2.05, 4.69) is 104 Å². The zero-order chi connectivity index (χ0) is 38.0. The van der Waals surface area contributed by atoms with Gasteiger partial charge in [-0.3, -0.25) is 4.79 Å². The van der Waals surface area contributed by atoms with E-state index in [0.717, 1.165) is 47.3 Å². The molecule has 0 radical (unpaired) electrons. The van der Waals surface area contributed by atoms with Crippen molar-refractivity contribution in [2.24, 2.45) is 0 Å². The maximum Gasteiger partial charge on any atom is 0.303 e. The number of aliphatic carboxylic acids is 1. The molecule has 6 rings (SSSR count). The summed E-state index contributed by atoms with van der Waals surface area (Å²) < 4.78 is 36.5. The van der Waals surface area contributed by atoms with E-state index in [9.17, 15) is 17.8 Å². The van der Waals surface area contributed by atoms with E-state index in [1.807, 2.05) is 42.5 Å². The van der Waals surface area contributed by atoms with Gasteiger partial charge in [-0.1, -0.05) is 98.6 Å². The molecule has 0 bridgehead atoms. The Kier molecular flexibility index (Phi) is 11.2. The molecule has 1 N–H and O–H groups in total. The minimum Gasteiger partial charge on any atom is -0.748 e. The summed E-state index contributed by atoms with van der Waals surface area (Å²) in [5, 5.41) is 14.3. The van der Waals surface area contributed by atoms with Gasteiger partial charge in [-0.2, -0.15) is 4.58 Å².